The summed E-state index contributed by atoms with van der Waals surface area (Å²) >= 11 is 0. The lowest BCUT2D eigenvalue weighted by Crippen LogP contribution is -2.44. The van der Waals surface area contributed by atoms with Gasteiger partial charge in [0.25, 0.3) is 0 Å². The third-order valence-corrected chi connectivity index (χ3v) is 3.61. The van der Waals surface area contributed by atoms with E-state index < -0.39 is 0 Å². The highest BCUT2D eigenvalue weighted by atomic mass is 15.2. The molecule has 0 radical (unpaired) electrons. The minimum absolute atomic E-state index is 1.24. The van der Waals surface area contributed by atoms with E-state index in [1.807, 2.05) is 0 Å². The topological polar surface area (TPSA) is 6.48 Å². The Morgan fingerprint density at radius 1 is 1.12 bits per heavy atom. The fourth-order valence-corrected chi connectivity index (χ4v) is 2.43. The molecule has 2 heteroatoms. The number of hydrogen-bond donors (Lipinski definition) is 0. The van der Waals surface area contributed by atoms with E-state index >= 15 is 0 Å². The van der Waals surface area contributed by atoms with E-state index in [4.69, 9.17) is 0 Å². The second kappa shape index (κ2) is 6.21. The summed E-state index contributed by atoms with van der Waals surface area (Å²) in [5.41, 5.74) is 1.56. The summed E-state index contributed by atoms with van der Waals surface area (Å²) in [6, 6.07) is 0. The second-order valence-electron chi connectivity index (χ2n) is 5.01. The van der Waals surface area contributed by atoms with Crippen LogP contribution in [0.4, 0.5) is 0 Å². The van der Waals surface area contributed by atoms with Gasteiger partial charge in [0.1, 0.15) is 0 Å². The minimum atomic E-state index is 1.24. The van der Waals surface area contributed by atoms with Gasteiger partial charge in [-0.25, -0.2) is 0 Å². The van der Waals surface area contributed by atoms with E-state index in [1.54, 1.807) is 5.57 Å². The van der Waals surface area contributed by atoms with Crippen molar-refractivity contribution in [2.75, 3.05) is 39.8 Å². The van der Waals surface area contributed by atoms with Crippen LogP contribution in [0, 0.1) is 0 Å². The Balaban J connectivity index is 1.61. The molecule has 0 N–H and O–H groups in total. The van der Waals surface area contributed by atoms with Crippen LogP contribution in [0.3, 0.4) is 0 Å². The van der Waals surface area contributed by atoms with Gasteiger partial charge in [0.2, 0.25) is 0 Å². The van der Waals surface area contributed by atoms with Crippen molar-refractivity contribution in [2.24, 2.45) is 0 Å². The predicted octanol–water partition coefficient (Wildman–Crippen LogP) is 2.29. The van der Waals surface area contributed by atoms with Crippen molar-refractivity contribution >= 4 is 0 Å². The molecule has 0 unspecified atom stereocenters. The first-order chi connectivity index (χ1) is 7.84. The fourth-order valence-electron chi connectivity index (χ4n) is 2.43. The van der Waals surface area contributed by atoms with Crippen LogP contribution in [-0.2, 0) is 0 Å². The van der Waals surface area contributed by atoms with Gasteiger partial charge in [-0.15, -0.1) is 0 Å². The van der Waals surface area contributed by atoms with Gasteiger partial charge in [0.15, 0.2) is 0 Å². The zero-order valence-electron chi connectivity index (χ0n) is 10.5. The molecular formula is C14H24N2. The minimum Gasteiger partial charge on any atom is -0.304 e. The van der Waals surface area contributed by atoms with Crippen molar-refractivity contribution in [1.29, 1.82) is 0 Å². The van der Waals surface area contributed by atoms with Crippen LogP contribution < -0.4 is 0 Å². The quantitative estimate of drug-likeness (QED) is 0.717. The largest absolute Gasteiger partial charge is 0.304 e. The summed E-state index contributed by atoms with van der Waals surface area (Å²) in [7, 11) is 2.22. The van der Waals surface area contributed by atoms with Gasteiger partial charge >= 0.3 is 0 Å². The Kier molecular flexibility index (Phi) is 4.61. The normalized spacial score (nSPS) is 23.4. The van der Waals surface area contributed by atoms with E-state index in [0.717, 1.165) is 0 Å². The molecule has 0 bridgehead atoms. The van der Waals surface area contributed by atoms with Crippen LogP contribution in [-0.4, -0.2) is 49.6 Å². The van der Waals surface area contributed by atoms with E-state index in [-0.39, 0.29) is 0 Å². The van der Waals surface area contributed by atoms with Gasteiger partial charge in [-0.2, -0.15) is 0 Å². The summed E-state index contributed by atoms with van der Waals surface area (Å²) in [4.78, 5) is 5.02. The maximum absolute atomic E-state index is 2.60. The van der Waals surface area contributed by atoms with Crippen molar-refractivity contribution in [3.05, 3.63) is 23.8 Å². The molecule has 0 aromatic carbocycles. The van der Waals surface area contributed by atoms with Crippen LogP contribution in [0.25, 0.3) is 0 Å². The lowest BCUT2D eigenvalue weighted by Gasteiger charge is -2.32. The van der Waals surface area contributed by atoms with E-state index in [1.165, 1.54) is 58.4 Å². The van der Waals surface area contributed by atoms with Crippen LogP contribution >= 0.6 is 0 Å². The molecular weight excluding hydrogens is 196 g/mol. The first-order valence-corrected chi connectivity index (χ1v) is 6.61. The molecule has 0 amide bonds. The zero-order chi connectivity index (χ0) is 11.2. The third-order valence-electron chi connectivity index (χ3n) is 3.61. The lowest BCUT2D eigenvalue weighted by atomic mass is 10.0. The second-order valence-corrected chi connectivity index (χ2v) is 5.01. The number of rotatable bonds is 4. The molecule has 0 saturated carbocycles. The van der Waals surface area contributed by atoms with Crippen molar-refractivity contribution in [1.82, 2.24) is 9.80 Å². The molecule has 0 aromatic rings. The number of likely N-dealkylation sites (N-methyl/N-ethyl adjacent to an activating group) is 1. The molecule has 2 nitrogen and oxygen atoms in total. The summed E-state index contributed by atoms with van der Waals surface area (Å²) in [5, 5.41) is 0. The molecule has 2 rings (SSSR count). The molecule has 16 heavy (non-hydrogen) atoms. The van der Waals surface area contributed by atoms with Gasteiger partial charge in [-0.1, -0.05) is 23.8 Å². The Bertz CT molecular complexity index is 260. The Labute approximate surface area is 99.6 Å². The van der Waals surface area contributed by atoms with Crippen molar-refractivity contribution in [3.8, 4) is 0 Å². The molecule has 1 fully saturated rings. The molecule has 90 valence electrons. The summed E-state index contributed by atoms with van der Waals surface area (Å²) < 4.78 is 0. The Morgan fingerprint density at radius 2 is 1.94 bits per heavy atom. The SMILES string of the molecule is CN1CCN(CCCC2=CCCC=C2)CC1. The van der Waals surface area contributed by atoms with Crippen molar-refractivity contribution < 1.29 is 0 Å². The van der Waals surface area contributed by atoms with Crippen LogP contribution in [0.1, 0.15) is 25.7 Å². The van der Waals surface area contributed by atoms with E-state index in [0.29, 0.717) is 0 Å². The van der Waals surface area contributed by atoms with Crippen molar-refractivity contribution in [2.45, 2.75) is 25.7 Å². The molecule has 1 aliphatic carbocycles. The van der Waals surface area contributed by atoms with Gasteiger partial charge in [0.05, 0.1) is 0 Å². The number of piperazine rings is 1. The highest BCUT2D eigenvalue weighted by molar-refractivity contribution is 5.21. The summed E-state index contributed by atoms with van der Waals surface area (Å²) in [5.74, 6) is 0. The smallest absolute Gasteiger partial charge is 0.0110 e. The molecule has 1 saturated heterocycles. The van der Waals surface area contributed by atoms with Crippen LogP contribution in [0.2, 0.25) is 0 Å². The molecule has 0 aromatic heterocycles. The average molecular weight is 220 g/mol. The first kappa shape index (κ1) is 11.9. The van der Waals surface area contributed by atoms with Gasteiger partial charge in [0, 0.05) is 26.2 Å². The monoisotopic (exact) mass is 220 g/mol. The zero-order valence-corrected chi connectivity index (χ0v) is 10.5. The fraction of sp³-hybridized carbons (Fsp3) is 0.714. The summed E-state index contributed by atoms with van der Waals surface area (Å²) in [6.45, 7) is 6.26. The first-order valence-electron chi connectivity index (χ1n) is 6.61. The number of hydrogen-bond acceptors (Lipinski definition) is 2. The Hall–Kier alpha value is -0.600. The van der Waals surface area contributed by atoms with Gasteiger partial charge in [-0.3, -0.25) is 0 Å². The van der Waals surface area contributed by atoms with E-state index in [9.17, 15) is 0 Å². The standard InChI is InChI=1S/C14H24N2/c1-15-10-12-16(13-11-15)9-5-8-14-6-3-2-4-7-14/h3,6-7H,2,4-5,8-13H2,1H3. The molecule has 0 atom stereocenters. The Morgan fingerprint density at radius 3 is 2.62 bits per heavy atom. The maximum Gasteiger partial charge on any atom is 0.0110 e. The highest BCUT2D eigenvalue weighted by Gasteiger charge is 2.12. The third kappa shape index (κ3) is 3.76. The summed E-state index contributed by atoms with van der Waals surface area (Å²) in [6.07, 6.45) is 12.1. The van der Waals surface area contributed by atoms with Crippen LogP contribution in [0.15, 0.2) is 23.8 Å². The molecule has 2 aliphatic rings. The average Bonchev–Trinajstić information content (AvgIpc) is 2.33. The highest BCUT2D eigenvalue weighted by Crippen LogP contribution is 2.15. The van der Waals surface area contributed by atoms with Crippen molar-refractivity contribution in [3.63, 3.8) is 0 Å². The lowest BCUT2D eigenvalue weighted by molar-refractivity contribution is 0.153. The molecule has 0 spiro atoms. The van der Waals surface area contributed by atoms with Gasteiger partial charge in [-0.05, 0) is 39.3 Å². The van der Waals surface area contributed by atoms with Gasteiger partial charge < -0.3 is 9.80 Å². The number of nitrogens with zero attached hydrogens (tertiary/aromatic N) is 2. The van der Waals surface area contributed by atoms with E-state index in [2.05, 4.69) is 35.1 Å². The number of allylic oxidation sites excluding steroid dienone is 4. The van der Waals surface area contributed by atoms with Crippen LogP contribution in [0.5, 0.6) is 0 Å². The molecule has 1 heterocycles. The maximum atomic E-state index is 2.60. The predicted molar refractivity (Wildman–Crippen MR) is 69.6 cm³/mol. The molecule has 1 aliphatic heterocycles.